The number of nitrogens with zero attached hydrogens (tertiary/aromatic N) is 2. The zero-order valence-electron chi connectivity index (χ0n) is 9.96. The number of pyridine rings is 1. The van der Waals surface area contributed by atoms with Crippen molar-refractivity contribution in [1.29, 1.82) is 0 Å². The number of Topliss-reactive ketones (excluding diaryl/α,β-unsaturated/α-hetero) is 1. The largest absolute Gasteiger partial charge is 0.383 e. The molecule has 0 amide bonds. The lowest BCUT2D eigenvalue weighted by atomic mass is 10.1. The zero-order chi connectivity index (χ0) is 13.1. The summed E-state index contributed by atoms with van der Waals surface area (Å²) in [6.45, 7) is 1.84. The van der Waals surface area contributed by atoms with E-state index in [1.165, 1.54) is 11.3 Å². The van der Waals surface area contributed by atoms with Crippen LogP contribution in [0.25, 0.3) is 0 Å². The van der Waals surface area contributed by atoms with Gasteiger partial charge >= 0.3 is 0 Å². The second kappa shape index (κ2) is 5.24. The SMILES string of the molecule is CC(N)c1nc(C(=O)Cc2cccnc2N)cs1. The minimum Gasteiger partial charge on any atom is -0.383 e. The average molecular weight is 262 g/mol. The number of aromatic nitrogens is 2. The van der Waals surface area contributed by atoms with Crippen LogP contribution < -0.4 is 11.5 Å². The van der Waals surface area contributed by atoms with Gasteiger partial charge in [-0.25, -0.2) is 9.97 Å². The van der Waals surface area contributed by atoms with Gasteiger partial charge in [0.15, 0.2) is 5.78 Å². The zero-order valence-corrected chi connectivity index (χ0v) is 10.8. The Labute approximate surface area is 109 Å². The molecule has 18 heavy (non-hydrogen) atoms. The van der Waals surface area contributed by atoms with Gasteiger partial charge in [0.1, 0.15) is 16.5 Å². The van der Waals surface area contributed by atoms with Crippen LogP contribution in [0.2, 0.25) is 0 Å². The molecule has 2 aromatic heterocycles. The van der Waals surface area contributed by atoms with E-state index in [1.54, 1.807) is 23.7 Å². The fourth-order valence-corrected chi connectivity index (χ4v) is 2.27. The molecule has 4 N–H and O–H groups in total. The number of nitrogens with two attached hydrogens (primary N) is 2. The number of carbonyl (C=O) groups is 1. The quantitative estimate of drug-likeness (QED) is 0.815. The van der Waals surface area contributed by atoms with E-state index in [2.05, 4.69) is 9.97 Å². The molecule has 0 aliphatic carbocycles. The summed E-state index contributed by atoms with van der Waals surface area (Å²) in [7, 11) is 0. The molecule has 2 aromatic rings. The second-order valence-corrected chi connectivity index (χ2v) is 4.90. The van der Waals surface area contributed by atoms with Crippen molar-refractivity contribution in [2.75, 3.05) is 5.73 Å². The lowest BCUT2D eigenvalue weighted by molar-refractivity contribution is 0.0988. The Hall–Kier alpha value is -1.79. The number of carbonyl (C=O) groups excluding carboxylic acids is 1. The van der Waals surface area contributed by atoms with Gasteiger partial charge in [0.25, 0.3) is 0 Å². The van der Waals surface area contributed by atoms with Crippen LogP contribution in [0, 0.1) is 0 Å². The topological polar surface area (TPSA) is 94.9 Å². The molecule has 0 saturated carbocycles. The van der Waals surface area contributed by atoms with Crippen molar-refractivity contribution >= 4 is 22.9 Å². The van der Waals surface area contributed by atoms with E-state index in [1.807, 2.05) is 6.92 Å². The monoisotopic (exact) mass is 262 g/mol. The molecule has 0 saturated heterocycles. The summed E-state index contributed by atoms with van der Waals surface area (Å²) < 4.78 is 0. The van der Waals surface area contributed by atoms with Crippen LogP contribution in [0.1, 0.15) is 34.0 Å². The summed E-state index contributed by atoms with van der Waals surface area (Å²) in [5.41, 5.74) is 12.6. The molecule has 2 heterocycles. The van der Waals surface area contributed by atoms with Crippen LogP contribution >= 0.6 is 11.3 Å². The van der Waals surface area contributed by atoms with Crippen molar-refractivity contribution in [2.24, 2.45) is 5.73 Å². The molecule has 94 valence electrons. The van der Waals surface area contributed by atoms with E-state index in [0.29, 0.717) is 11.5 Å². The van der Waals surface area contributed by atoms with E-state index >= 15 is 0 Å². The highest BCUT2D eigenvalue weighted by atomic mass is 32.1. The smallest absolute Gasteiger partial charge is 0.186 e. The Morgan fingerprint density at radius 2 is 2.33 bits per heavy atom. The number of ketones is 1. The van der Waals surface area contributed by atoms with Gasteiger partial charge in [0, 0.05) is 23.6 Å². The lowest BCUT2D eigenvalue weighted by Crippen LogP contribution is -2.09. The molecule has 0 fully saturated rings. The van der Waals surface area contributed by atoms with Crippen LogP contribution in [-0.2, 0) is 6.42 Å². The highest BCUT2D eigenvalue weighted by Crippen LogP contribution is 2.18. The minimum atomic E-state index is -0.153. The minimum absolute atomic E-state index is 0.0714. The summed E-state index contributed by atoms with van der Waals surface area (Å²) in [6.07, 6.45) is 1.81. The molecule has 5 nitrogen and oxygen atoms in total. The third-order valence-corrected chi connectivity index (χ3v) is 3.52. The summed E-state index contributed by atoms with van der Waals surface area (Å²) in [5.74, 6) is 0.311. The van der Waals surface area contributed by atoms with Crippen LogP contribution in [-0.4, -0.2) is 15.8 Å². The maximum atomic E-state index is 12.0. The summed E-state index contributed by atoms with van der Waals surface area (Å²) in [5, 5.41) is 2.49. The summed E-state index contributed by atoms with van der Waals surface area (Å²) in [6, 6.07) is 3.40. The summed E-state index contributed by atoms with van der Waals surface area (Å²) >= 11 is 1.40. The van der Waals surface area contributed by atoms with Crippen molar-refractivity contribution in [3.63, 3.8) is 0 Å². The first-order valence-electron chi connectivity index (χ1n) is 5.51. The van der Waals surface area contributed by atoms with Gasteiger partial charge in [-0.15, -0.1) is 11.3 Å². The fraction of sp³-hybridized carbons (Fsp3) is 0.250. The van der Waals surface area contributed by atoms with Crippen molar-refractivity contribution in [3.8, 4) is 0 Å². The second-order valence-electron chi connectivity index (χ2n) is 4.01. The Morgan fingerprint density at radius 3 is 2.94 bits per heavy atom. The first kappa shape index (κ1) is 12.7. The molecule has 0 aromatic carbocycles. The lowest BCUT2D eigenvalue weighted by Gasteiger charge is -2.02. The van der Waals surface area contributed by atoms with Crippen LogP contribution in [0.5, 0.6) is 0 Å². The van der Waals surface area contributed by atoms with Crippen LogP contribution in [0.3, 0.4) is 0 Å². The Balaban J connectivity index is 2.15. The number of thiazole rings is 1. The first-order valence-corrected chi connectivity index (χ1v) is 6.39. The number of rotatable bonds is 4. The highest BCUT2D eigenvalue weighted by molar-refractivity contribution is 7.09. The molecule has 0 spiro atoms. The van der Waals surface area contributed by atoms with E-state index in [9.17, 15) is 4.79 Å². The molecule has 0 radical (unpaired) electrons. The number of nitrogen functional groups attached to an aromatic ring is 1. The molecule has 6 heteroatoms. The van der Waals surface area contributed by atoms with Gasteiger partial charge in [-0.05, 0) is 13.0 Å². The molecule has 2 rings (SSSR count). The van der Waals surface area contributed by atoms with Gasteiger partial charge in [-0.1, -0.05) is 6.07 Å². The number of hydrogen-bond acceptors (Lipinski definition) is 6. The third kappa shape index (κ3) is 2.72. The van der Waals surface area contributed by atoms with E-state index in [0.717, 1.165) is 10.6 Å². The maximum Gasteiger partial charge on any atom is 0.186 e. The van der Waals surface area contributed by atoms with Crippen molar-refractivity contribution in [3.05, 3.63) is 40.0 Å². The molecule has 0 bridgehead atoms. The van der Waals surface area contributed by atoms with Gasteiger partial charge in [0.05, 0.1) is 6.04 Å². The molecule has 0 aliphatic heterocycles. The molecule has 0 aliphatic rings. The fourth-order valence-electron chi connectivity index (χ4n) is 1.49. The summed E-state index contributed by atoms with van der Waals surface area (Å²) in [4.78, 5) is 20.2. The van der Waals surface area contributed by atoms with E-state index in [4.69, 9.17) is 11.5 Å². The predicted octanol–water partition coefficient (Wildman–Crippen LogP) is 1.57. The highest BCUT2D eigenvalue weighted by Gasteiger charge is 2.14. The van der Waals surface area contributed by atoms with E-state index in [-0.39, 0.29) is 18.2 Å². The van der Waals surface area contributed by atoms with Gasteiger partial charge in [-0.2, -0.15) is 0 Å². The van der Waals surface area contributed by atoms with Gasteiger partial charge in [0.2, 0.25) is 0 Å². The molecular formula is C12H14N4OS. The van der Waals surface area contributed by atoms with Gasteiger partial charge < -0.3 is 11.5 Å². The van der Waals surface area contributed by atoms with Gasteiger partial charge in [-0.3, -0.25) is 4.79 Å². The van der Waals surface area contributed by atoms with Crippen LogP contribution in [0.4, 0.5) is 5.82 Å². The van der Waals surface area contributed by atoms with Crippen molar-refractivity contribution < 1.29 is 4.79 Å². The molecule has 1 atom stereocenters. The molecule has 1 unspecified atom stereocenters. The first-order chi connectivity index (χ1) is 8.58. The van der Waals surface area contributed by atoms with Crippen molar-refractivity contribution in [2.45, 2.75) is 19.4 Å². The standard InChI is InChI=1S/C12H14N4OS/c1-7(13)12-16-9(6-18-12)10(17)5-8-3-2-4-15-11(8)14/h2-4,6-7H,5,13H2,1H3,(H2,14,15). The number of anilines is 1. The number of hydrogen-bond donors (Lipinski definition) is 2. The Kier molecular flexibility index (Phi) is 3.69. The van der Waals surface area contributed by atoms with Crippen LogP contribution in [0.15, 0.2) is 23.7 Å². The normalized spacial score (nSPS) is 12.3. The van der Waals surface area contributed by atoms with Crippen molar-refractivity contribution in [1.82, 2.24) is 9.97 Å². The third-order valence-electron chi connectivity index (χ3n) is 2.47. The molecular weight excluding hydrogens is 248 g/mol. The average Bonchev–Trinajstić information content (AvgIpc) is 2.81. The Bertz CT molecular complexity index is 565. The predicted molar refractivity (Wildman–Crippen MR) is 71.4 cm³/mol. The van der Waals surface area contributed by atoms with E-state index < -0.39 is 0 Å². The Morgan fingerprint density at radius 1 is 1.56 bits per heavy atom. The maximum absolute atomic E-state index is 12.0.